The molecule has 0 unspecified atom stereocenters. The molecule has 35 heavy (non-hydrogen) atoms. The number of rotatable bonds is 6. The van der Waals surface area contributed by atoms with E-state index in [1.807, 2.05) is 24.3 Å². The number of anilines is 1. The summed E-state index contributed by atoms with van der Waals surface area (Å²) in [6.07, 6.45) is 3.00. The number of benzene rings is 2. The summed E-state index contributed by atoms with van der Waals surface area (Å²) in [5.41, 5.74) is 8.54. The minimum absolute atomic E-state index is 0.123. The lowest BCUT2D eigenvalue weighted by atomic mass is 9.68. The third-order valence-corrected chi connectivity index (χ3v) is 6.70. The summed E-state index contributed by atoms with van der Waals surface area (Å²) >= 11 is 0. The number of hydrogen-bond acceptors (Lipinski definition) is 6. The number of H-pyrrole nitrogens is 1. The number of nitrogens with zero attached hydrogens (tertiary/aromatic N) is 3. The fraction of sp³-hybridized carbons (Fsp3) is 0.280. The van der Waals surface area contributed by atoms with E-state index in [0.29, 0.717) is 22.3 Å². The predicted octanol–water partition coefficient (Wildman–Crippen LogP) is 3.21. The Morgan fingerprint density at radius 1 is 1.26 bits per heavy atom. The van der Waals surface area contributed by atoms with Crippen molar-refractivity contribution in [3.05, 3.63) is 75.5 Å². The number of aromatic amines is 1. The van der Waals surface area contributed by atoms with Crippen molar-refractivity contribution in [2.45, 2.75) is 38.1 Å². The maximum atomic E-state index is 13.6. The summed E-state index contributed by atoms with van der Waals surface area (Å²) in [7, 11) is 1.43. The number of nitrogen functional groups attached to an aromatic ring is 1. The van der Waals surface area contributed by atoms with E-state index in [1.165, 1.54) is 19.2 Å². The van der Waals surface area contributed by atoms with E-state index in [-0.39, 0.29) is 28.9 Å². The van der Waals surface area contributed by atoms with Gasteiger partial charge < -0.3 is 15.8 Å². The van der Waals surface area contributed by atoms with Gasteiger partial charge in [0, 0.05) is 12.0 Å². The van der Waals surface area contributed by atoms with Crippen molar-refractivity contribution >= 4 is 22.6 Å². The van der Waals surface area contributed by atoms with Crippen molar-refractivity contribution in [3.8, 4) is 11.4 Å². The van der Waals surface area contributed by atoms with Gasteiger partial charge in [0.25, 0.3) is 11.5 Å². The number of halogens is 1. The van der Waals surface area contributed by atoms with Crippen LogP contribution < -0.4 is 21.3 Å². The summed E-state index contributed by atoms with van der Waals surface area (Å²) in [6, 6.07) is 11.1. The predicted molar refractivity (Wildman–Crippen MR) is 129 cm³/mol. The van der Waals surface area contributed by atoms with Gasteiger partial charge in [-0.1, -0.05) is 25.5 Å². The molecule has 180 valence electrons. The highest BCUT2D eigenvalue weighted by Gasteiger charge is 2.39. The molecule has 1 amide bonds. The second-order valence-electron chi connectivity index (χ2n) is 9.03. The molecule has 0 bridgehead atoms. The minimum Gasteiger partial charge on any atom is -0.496 e. The number of aromatic nitrogens is 4. The van der Waals surface area contributed by atoms with Gasteiger partial charge in [0.05, 0.1) is 29.4 Å². The van der Waals surface area contributed by atoms with Crippen molar-refractivity contribution in [2.24, 2.45) is 0 Å². The van der Waals surface area contributed by atoms with E-state index >= 15 is 0 Å². The summed E-state index contributed by atoms with van der Waals surface area (Å²) in [5.74, 6) is -0.474. The average molecular weight is 477 g/mol. The number of methoxy groups -OCH3 is 1. The number of nitrogens with one attached hydrogen (secondary N) is 2. The zero-order chi connectivity index (χ0) is 24.7. The molecule has 0 atom stereocenters. The number of ether oxygens (including phenoxy) is 1. The van der Waals surface area contributed by atoms with Gasteiger partial charge in [-0.25, -0.2) is 14.2 Å². The van der Waals surface area contributed by atoms with Gasteiger partial charge in [0.15, 0.2) is 5.82 Å². The van der Waals surface area contributed by atoms with Crippen LogP contribution >= 0.6 is 0 Å². The smallest absolute Gasteiger partial charge is 0.275 e. The molecule has 1 aliphatic rings. The highest BCUT2D eigenvalue weighted by Crippen LogP contribution is 2.45. The van der Waals surface area contributed by atoms with Crippen LogP contribution in [-0.2, 0) is 12.0 Å². The minimum atomic E-state index is -0.519. The number of carbonyl (C=O) groups excluding carboxylic acids is 1. The maximum absolute atomic E-state index is 13.6. The number of nitrogens with two attached hydrogens (primary N) is 1. The zero-order valence-corrected chi connectivity index (χ0v) is 19.4. The Hall–Kier alpha value is -4.21. The third-order valence-electron chi connectivity index (χ3n) is 6.70. The zero-order valence-electron chi connectivity index (χ0n) is 19.4. The first-order valence-corrected chi connectivity index (χ1v) is 11.3. The van der Waals surface area contributed by atoms with Crippen LogP contribution in [0.5, 0.6) is 5.75 Å². The van der Waals surface area contributed by atoms with E-state index in [1.54, 1.807) is 4.68 Å². The van der Waals surface area contributed by atoms with Gasteiger partial charge in [0.2, 0.25) is 0 Å². The lowest BCUT2D eigenvalue weighted by molar-refractivity contribution is 0.0947. The first-order chi connectivity index (χ1) is 16.8. The van der Waals surface area contributed by atoms with Crippen LogP contribution in [0.25, 0.3) is 16.6 Å². The molecule has 4 N–H and O–H groups in total. The summed E-state index contributed by atoms with van der Waals surface area (Å²) in [5, 5.41) is 14.5. The van der Waals surface area contributed by atoms with Crippen molar-refractivity contribution < 1.29 is 13.9 Å². The maximum Gasteiger partial charge on any atom is 0.275 e. The second-order valence-corrected chi connectivity index (χ2v) is 9.03. The molecule has 0 radical (unpaired) electrons. The Kier molecular flexibility index (Phi) is 5.50. The van der Waals surface area contributed by atoms with Crippen LogP contribution in [0.1, 0.15) is 47.8 Å². The van der Waals surface area contributed by atoms with Crippen molar-refractivity contribution in [2.75, 3.05) is 12.8 Å². The van der Waals surface area contributed by atoms with Gasteiger partial charge in [-0.3, -0.25) is 9.59 Å². The van der Waals surface area contributed by atoms with E-state index in [9.17, 15) is 14.0 Å². The Bertz CT molecular complexity index is 1490. The van der Waals surface area contributed by atoms with Gasteiger partial charge in [0.1, 0.15) is 17.1 Å². The average Bonchev–Trinajstić information content (AvgIpc) is 3.26. The molecule has 5 rings (SSSR count). The van der Waals surface area contributed by atoms with Gasteiger partial charge in [-0.15, -0.1) is 0 Å². The lowest BCUT2D eigenvalue weighted by Gasteiger charge is -2.36. The highest BCUT2D eigenvalue weighted by atomic mass is 19.1. The quantitative estimate of drug-likeness (QED) is 0.392. The molecule has 2 aromatic heterocycles. The molecule has 2 aromatic carbocycles. The van der Waals surface area contributed by atoms with E-state index in [4.69, 9.17) is 15.6 Å². The lowest BCUT2D eigenvalue weighted by Crippen LogP contribution is -2.32. The van der Waals surface area contributed by atoms with Gasteiger partial charge >= 0.3 is 0 Å². The summed E-state index contributed by atoms with van der Waals surface area (Å²) in [6.45, 7) is 2.34. The first kappa shape index (κ1) is 22.6. The first-order valence-electron chi connectivity index (χ1n) is 11.3. The van der Waals surface area contributed by atoms with Crippen LogP contribution in [-0.4, -0.2) is 33.0 Å². The molecular weight excluding hydrogens is 451 g/mol. The Labute approximate surface area is 200 Å². The van der Waals surface area contributed by atoms with E-state index in [2.05, 4.69) is 22.4 Å². The highest BCUT2D eigenvalue weighted by molar-refractivity contribution is 5.97. The molecule has 0 aliphatic heterocycles. The monoisotopic (exact) mass is 476 g/mol. The van der Waals surface area contributed by atoms with Crippen LogP contribution in [0.2, 0.25) is 0 Å². The number of hydrogen-bond donors (Lipinski definition) is 3. The number of amides is 1. The second kappa shape index (κ2) is 8.53. The largest absolute Gasteiger partial charge is 0.496 e. The fourth-order valence-electron chi connectivity index (χ4n) is 4.53. The number of carbonyl (C=O) groups is 1. The van der Waals surface area contributed by atoms with Crippen LogP contribution in [0.15, 0.2) is 47.3 Å². The van der Waals surface area contributed by atoms with Crippen molar-refractivity contribution in [1.82, 2.24) is 25.3 Å². The van der Waals surface area contributed by atoms with E-state index in [0.717, 1.165) is 36.6 Å². The molecule has 4 aromatic rings. The molecule has 0 spiro atoms. The third kappa shape index (κ3) is 3.90. The molecule has 10 heteroatoms. The van der Waals surface area contributed by atoms with Crippen molar-refractivity contribution in [3.63, 3.8) is 0 Å². The Morgan fingerprint density at radius 3 is 2.66 bits per heavy atom. The van der Waals surface area contributed by atoms with Crippen LogP contribution in [0.3, 0.4) is 0 Å². The molecule has 9 nitrogen and oxygen atoms in total. The molecule has 1 fully saturated rings. The standard InChI is InChI=1S/C25H25FN6O3/c1-25(10-3-11-25)21-19-20(22(27)29-30-24(19)34)32(31-21)16-7-4-14(5-8-16)13-28-23(33)17-12-15(26)6-9-18(17)35-2/h4-9,12H,3,10-11,13H2,1-2H3,(H2,27,29)(H,28,33)(H,30,34). The SMILES string of the molecule is COc1ccc(F)cc1C(=O)NCc1ccc(-n2nc(C3(C)CCC3)c3c(=O)[nH]nc(N)c32)cc1. The fourth-order valence-corrected chi connectivity index (χ4v) is 4.53. The molecule has 1 saturated carbocycles. The summed E-state index contributed by atoms with van der Waals surface area (Å²) in [4.78, 5) is 25.2. The summed E-state index contributed by atoms with van der Waals surface area (Å²) < 4.78 is 20.4. The number of fused-ring (bicyclic) bond motifs is 1. The Balaban J connectivity index is 1.42. The van der Waals surface area contributed by atoms with Crippen molar-refractivity contribution in [1.29, 1.82) is 0 Å². The molecular formula is C25H25FN6O3. The van der Waals surface area contributed by atoms with Crippen LogP contribution in [0.4, 0.5) is 10.2 Å². The van der Waals surface area contributed by atoms with Gasteiger partial charge in [-0.05, 0) is 48.7 Å². The molecule has 1 aliphatic carbocycles. The topological polar surface area (TPSA) is 128 Å². The van der Waals surface area contributed by atoms with Crippen LogP contribution in [0, 0.1) is 5.82 Å². The van der Waals surface area contributed by atoms with E-state index < -0.39 is 11.7 Å². The molecule has 0 saturated heterocycles. The molecule has 2 heterocycles. The normalized spacial score (nSPS) is 14.5. The Morgan fingerprint density at radius 2 is 2.00 bits per heavy atom. The van der Waals surface area contributed by atoms with Gasteiger partial charge in [-0.2, -0.15) is 10.2 Å².